The Labute approximate surface area is 127 Å². The molecule has 0 aliphatic carbocycles. The van der Waals surface area contributed by atoms with Gasteiger partial charge < -0.3 is 20.2 Å². The van der Waals surface area contributed by atoms with Crippen LogP contribution in [0.15, 0.2) is 48.8 Å². The second kappa shape index (κ2) is 4.84. The van der Waals surface area contributed by atoms with Gasteiger partial charge in [0.15, 0.2) is 0 Å². The zero-order chi connectivity index (χ0) is 15.1. The first-order valence-electron chi connectivity index (χ1n) is 7.29. The Morgan fingerprint density at radius 1 is 0.682 bits per heavy atom. The highest BCUT2D eigenvalue weighted by Crippen LogP contribution is 2.26. The second-order valence-corrected chi connectivity index (χ2v) is 5.59. The molecule has 4 N–H and O–H groups in total. The molecule has 110 valence electrons. The highest BCUT2D eigenvalue weighted by molar-refractivity contribution is 5.86. The molecule has 4 rings (SSSR count). The van der Waals surface area contributed by atoms with E-state index in [2.05, 4.69) is 9.97 Å². The topological polar surface area (TPSA) is 72.0 Å². The van der Waals surface area contributed by atoms with Crippen molar-refractivity contribution in [3.05, 3.63) is 59.9 Å². The molecule has 22 heavy (non-hydrogen) atoms. The summed E-state index contributed by atoms with van der Waals surface area (Å²) in [7, 11) is 0. The third kappa shape index (κ3) is 2.09. The van der Waals surface area contributed by atoms with Crippen molar-refractivity contribution in [3.8, 4) is 11.5 Å². The molecular formula is C18H16N2O2. The summed E-state index contributed by atoms with van der Waals surface area (Å²) in [6.45, 7) is 0. The summed E-state index contributed by atoms with van der Waals surface area (Å²) in [6.07, 6.45) is 5.84. The van der Waals surface area contributed by atoms with Gasteiger partial charge in [0.2, 0.25) is 0 Å². The molecule has 2 aromatic carbocycles. The molecule has 2 heterocycles. The van der Waals surface area contributed by atoms with Gasteiger partial charge in [-0.3, -0.25) is 0 Å². The van der Waals surface area contributed by atoms with Gasteiger partial charge in [0.05, 0.1) is 0 Å². The monoisotopic (exact) mass is 292 g/mol. The number of fused-ring (bicyclic) bond motifs is 2. The maximum atomic E-state index is 9.52. The van der Waals surface area contributed by atoms with Gasteiger partial charge in [-0.15, -0.1) is 0 Å². The van der Waals surface area contributed by atoms with Crippen LogP contribution < -0.4 is 0 Å². The lowest BCUT2D eigenvalue weighted by Gasteiger charge is -2.00. The number of aromatic hydroxyl groups is 2. The van der Waals surface area contributed by atoms with Crippen molar-refractivity contribution >= 4 is 21.8 Å². The van der Waals surface area contributed by atoms with E-state index in [1.54, 1.807) is 24.3 Å². The van der Waals surface area contributed by atoms with Crippen LogP contribution in [-0.2, 0) is 12.8 Å². The number of aryl methyl sites for hydroxylation is 2. The number of aromatic amines is 2. The van der Waals surface area contributed by atoms with Crippen molar-refractivity contribution in [3.63, 3.8) is 0 Å². The van der Waals surface area contributed by atoms with Gasteiger partial charge in [0, 0.05) is 46.3 Å². The van der Waals surface area contributed by atoms with Crippen LogP contribution in [0.2, 0.25) is 0 Å². The van der Waals surface area contributed by atoms with E-state index in [1.165, 1.54) is 11.1 Å². The molecule has 0 radical (unpaired) electrons. The van der Waals surface area contributed by atoms with Crippen LogP contribution in [0, 0.1) is 0 Å². The molecule has 0 fully saturated rings. The van der Waals surface area contributed by atoms with Crippen LogP contribution in [-0.4, -0.2) is 20.2 Å². The molecule has 0 aliphatic heterocycles. The van der Waals surface area contributed by atoms with E-state index in [4.69, 9.17) is 0 Å². The molecule has 0 atom stereocenters. The molecule has 0 amide bonds. The summed E-state index contributed by atoms with van der Waals surface area (Å²) in [6, 6.07) is 10.8. The molecule has 4 aromatic rings. The molecule has 0 unspecified atom stereocenters. The fourth-order valence-electron chi connectivity index (χ4n) is 3.03. The predicted molar refractivity (Wildman–Crippen MR) is 87.3 cm³/mol. The van der Waals surface area contributed by atoms with Gasteiger partial charge in [-0.05, 0) is 48.2 Å². The number of nitrogens with one attached hydrogen (secondary N) is 2. The first kappa shape index (κ1) is 12.8. The van der Waals surface area contributed by atoms with E-state index in [0.717, 1.165) is 34.6 Å². The molecule has 0 saturated carbocycles. The Hall–Kier alpha value is -2.88. The molecule has 4 heteroatoms. The lowest BCUT2D eigenvalue weighted by Crippen LogP contribution is -1.89. The van der Waals surface area contributed by atoms with Gasteiger partial charge in [0.25, 0.3) is 0 Å². The van der Waals surface area contributed by atoms with Crippen LogP contribution in [0.4, 0.5) is 0 Å². The molecule has 0 aliphatic rings. The highest BCUT2D eigenvalue weighted by Gasteiger charge is 2.08. The number of hydrogen-bond acceptors (Lipinski definition) is 2. The van der Waals surface area contributed by atoms with Crippen molar-refractivity contribution in [1.82, 2.24) is 9.97 Å². The highest BCUT2D eigenvalue weighted by atomic mass is 16.3. The summed E-state index contributed by atoms with van der Waals surface area (Å²) in [5.74, 6) is 0.551. The first-order valence-corrected chi connectivity index (χ1v) is 7.29. The number of H-pyrrole nitrogens is 2. The summed E-state index contributed by atoms with van der Waals surface area (Å²) in [5, 5.41) is 21.3. The van der Waals surface area contributed by atoms with E-state index >= 15 is 0 Å². The van der Waals surface area contributed by atoms with Crippen LogP contribution in [0.25, 0.3) is 21.8 Å². The lowest BCUT2D eigenvalue weighted by atomic mass is 10.0. The van der Waals surface area contributed by atoms with Crippen molar-refractivity contribution < 1.29 is 10.2 Å². The summed E-state index contributed by atoms with van der Waals surface area (Å²) < 4.78 is 0. The van der Waals surface area contributed by atoms with Gasteiger partial charge >= 0.3 is 0 Å². The van der Waals surface area contributed by atoms with Gasteiger partial charge in [-0.2, -0.15) is 0 Å². The Morgan fingerprint density at radius 3 is 1.59 bits per heavy atom. The SMILES string of the molecule is Oc1ccc2c(CCc3c[nH]c4cc(O)ccc34)c[nH]c2c1. The largest absolute Gasteiger partial charge is 0.508 e. The Kier molecular flexibility index (Phi) is 2.82. The normalized spacial score (nSPS) is 11.5. The van der Waals surface area contributed by atoms with Gasteiger partial charge in [-0.1, -0.05) is 0 Å². The minimum absolute atomic E-state index is 0.275. The standard InChI is InChI=1S/C18H16N2O2/c21-13-3-5-15-11(9-19-17(15)7-13)1-2-12-10-20-18-8-14(22)4-6-16(12)18/h3-10,19-22H,1-2H2. The molecule has 0 spiro atoms. The maximum Gasteiger partial charge on any atom is 0.117 e. The summed E-state index contributed by atoms with van der Waals surface area (Å²) in [5.41, 5.74) is 4.39. The van der Waals surface area contributed by atoms with E-state index in [-0.39, 0.29) is 11.5 Å². The molecule has 2 aromatic heterocycles. The van der Waals surface area contributed by atoms with Crippen LogP contribution in [0.1, 0.15) is 11.1 Å². The molecule has 0 saturated heterocycles. The van der Waals surface area contributed by atoms with E-state index in [9.17, 15) is 10.2 Å². The Bertz CT molecular complexity index is 886. The lowest BCUT2D eigenvalue weighted by molar-refractivity contribution is 0.475. The zero-order valence-electron chi connectivity index (χ0n) is 11.9. The summed E-state index contributed by atoms with van der Waals surface area (Å²) >= 11 is 0. The van der Waals surface area contributed by atoms with Crippen LogP contribution >= 0.6 is 0 Å². The third-order valence-electron chi connectivity index (χ3n) is 4.17. The maximum absolute atomic E-state index is 9.52. The minimum atomic E-state index is 0.275. The average molecular weight is 292 g/mol. The third-order valence-corrected chi connectivity index (χ3v) is 4.17. The minimum Gasteiger partial charge on any atom is -0.508 e. The first-order chi connectivity index (χ1) is 10.7. The number of phenols is 2. The van der Waals surface area contributed by atoms with Crippen molar-refractivity contribution in [2.24, 2.45) is 0 Å². The quantitative estimate of drug-likeness (QED) is 0.463. The predicted octanol–water partition coefficient (Wildman–Crippen LogP) is 3.85. The van der Waals surface area contributed by atoms with Gasteiger partial charge in [0.1, 0.15) is 11.5 Å². The van der Waals surface area contributed by atoms with E-state index < -0.39 is 0 Å². The van der Waals surface area contributed by atoms with E-state index in [0.29, 0.717) is 0 Å². The Balaban J connectivity index is 1.63. The second-order valence-electron chi connectivity index (χ2n) is 5.59. The number of phenolic OH excluding ortho intramolecular Hbond substituents is 2. The summed E-state index contributed by atoms with van der Waals surface area (Å²) in [4.78, 5) is 6.41. The number of benzene rings is 2. The average Bonchev–Trinajstić information content (AvgIpc) is 3.08. The fourth-order valence-corrected chi connectivity index (χ4v) is 3.03. The van der Waals surface area contributed by atoms with Crippen LogP contribution in [0.5, 0.6) is 11.5 Å². The van der Waals surface area contributed by atoms with E-state index in [1.807, 2.05) is 24.5 Å². The van der Waals surface area contributed by atoms with Crippen molar-refractivity contribution in [2.75, 3.05) is 0 Å². The number of rotatable bonds is 3. The molecule has 4 nitrogen and oxygen atoms in total. The van der Waals surface area contributed by atoms with Crippen molar-refractivity contribution in [1.29, 1.82) is 0 Å². The number of aromatic nitrogens is 2. The Morgan fingerprint density at radius 2 is 1.14 bits per heavy atom. The van der Waals surface area contributed by atoms with Crippen molar-refractivity contribution in [2.45, 2.75) is 12.8 Å². The van der Waals surface area contributed by atoms with Gasteiger partial charge in [-0.25, -0.2) is 0 Å². The van der Waals surface area contributed by atoms with Crippen LogP contribution in [0.3, 0.4) is 0 Å². The molecular weight excluding hydrogens is 276 g/mol. The zero-order valence-corrected chi connectivity index (χ0v) is 11.9. The smallest absolute Gasteiger partial charge is 0.117 e. The number of hydrogen-bond donors (Lipinski definition) is 4. The molecule has 0 bridgehead atoms. The fraction of sp³-hybridized carbons (Fsp3) is 0.111.